The van der Waals surface area contributed by atoms with Gasteiger partial charge in [-0.15, -0.1) is 0 Å². The molecule has 1 atom stereocenters. The fraction of sp³-hybridized carbons (Fsp3) is 0.158. The van der Waals surface area contributed by atoms with Gasteiger partial charge in [0.2, 0.25) is 0 Å². The molecule has 5 nitrogen and oxygen atoms in total. The molecule has 2 heterocycles. The highest BCUT2D eigenvalue weighted by Crippen LogP contribution is 2.42. The molecule has 0 saturated carbocycles. The molecule has 0 fully saturated rings. The molecule has 1 unspecified atom stereocenters. The zero-order chi connectivity index (χ0) is 17.9. The number of hydrogen-bond donors (Lipinski definition) is 3. The van der Waals surface area contributed by atoms with Crippen LogP contribution in [0.5, 0.6) is 0 Å². The summed E-state index contributed by atoms with van der Waals surface area (Å²) in [6.07, 6.45) is 3.50. The normalized spacial score (nSPS) is 15.4. The summed E-state index contributed by atoms with van der Waals surface area (Å²) >= 11 is 8.15. The lowest BCUT2D eigenvalue weighted by Gasteiger charge is -2.10. The minimum Gasteiger partial charge on any atom is -0.365 e. The molecule has 132 valence electrons. The van der Waals surface area contributed by atoms with Gasteiger partial charge in [0.1, 0.15) is 11.3 Å². The smallest absolute Gasteiger partial charge is 0.145 e. The Hall–Kier alpha value is -2.28. The zero-order valence-electron chi connectivity index (χ0n) is 14.2. The molecule has 1 aliphatic heterocycles. The number of thioether (sulfide) groups is 1. The highest BCUT2D eigenvalue weighted by atomic mass is 35.5. The molecule has 4 rings (SSSR count). The van der Waals surface area contributed by atoms with Crippen LogP contribution < -0.4 is 16.0 Å². The van der Waals surface area contributed by atoms with Gasteiger partial charge in [-0.1, -0.05) is 53.7 Å². The third-order valence-electron chi connectivity index (χ3n) is 4.07. The van der Waals surface area contributed by atoms with Crippen molar-refractivity contribution in [3.63, 3.8) is 0 Å². The Labute approximate surface area is 161 Å². The van der Waals surface area contributed by atoms with Crippen molar-refractivity contribution in [1.82, 2.24) is 15.3 Å². The Kier molecular flexibility index (Phi) is 4.97. The van der Waals surface area contributed by atoms with E-state index in [-0.39, 0.29) is 5.50 Å². The highest BCUT2D eigenvalue weighted by Gasteiger charge is 2.22. The number of hydrogen-bond acceptors (Lipinski definition) is 6. The molecular weight excluding hydrogens is 366 g/mol. The first kappa shape index (κ1) is 17.1. The van der Waals surface area contributed by atoms with Gasteiger partial charge >= 0.3 is 0 Å². The molecule has 0 bridgehead atoms. The standard InChI is InChI=1S/C19H18ClN5S/c1-21-19-25-18-14(20)7-12(8-16(18)26-19)9-23-17-11-22-10-15(24-17)13-5-3-2-4-6-13/h2-8,10-11,19,21,25H,9H2,1H3,(H,23,24). The van der Waals surface area contributed by atoms with Crippen molar-refractivity contribution >= 4 is 34.9 Å². The monoisotopic (exact) mass is 383 g/mol. The Morgan fingerprint density at radius 3 is 2.85 bits per heavy atom. The summed E-state index contributed by atoms with van der Waals surface area (Å²) < 4.78 is 0. The number of nitrogens with one attached hydrogen (secondary N) is 3. The minimum absolute atomic E-state index is 0.152. The van der Waals surface area contributed by atoms with Crippen molar-refractivity contribution in [2.24, 2.45) is 0 Å². The fourth-order valence-corrected chi connectivity index (χ4v) is 4.19. The summed E-state index contributed by atoms with van der Waals surface area (Å²) in [5, 5.41) is 10.6. The SMILES string of the molecule is CNC1Nc2c(Cl)cc(CNc3cncc(-c4ccccc4)n3)cc2S1. The lowest BCUT2D eigenvalue weighted by Crippen LogP contribution is -2.26. The maximum absolute atomic E-state index is 6.42. The number of nitrogens with zero attached hydrogens (tertiary/aromatic N) is 2. The van der Waals surface area contributed by atoms with Gasteiger partial charge in [-0.3, -0.25) is 10.3 Å². The Bertz CT molecular complexity index is 919. The number of halogens is 1. The van der Waals surface area contributed by atoms with Crippen LogP contribution in [0.3, 0.4) is 0 Å². The van der Waals surface area contributed by atoms with E-state index in [1.54, 1.807) is 24.2 Å². The zero-order valence-corrected chi connectivity index (χ0v) is 15.7. The first-order valence-corrected chi connectivity index (χ1v) is 9.53. The van der Waals surface area contributed by atoms with E-state index in [4.69, 9.17) is 11.6 Å². The molecular formula is C19H18ClN5S. The highest BCUT2D eigenvalue weighted by molar-refractivity contribution is 8.00. The van der Waals surface area contributed by atoms with Crippen LogP contribution in [0, 0.1) is 0 Å². The van der Waals surface area contributed by atoms with E-state index < -0.39 is 0 Å². The topological polar surface area (TPSA) is 61.9 Å². The second-order valence-electron chi connectivity index (χ2n) is 5.89. The molecule has 3 aromatic rings. The largest absolute Gasteiger partial charge is 0.365 e. The van der Waals surface area contributed by atoms with E-state index in [1.807, 2.05) is 43.4 Å². The summed E-state index contributed by atoms with van der Waals surface area (Å²) in [4.78, 5) is 10.1. The second-order valence-corrected chi connectivity index (χ2v) is 7.44. The van der Waals surface area contributed by atoms with Crippen LogP contribution in [-0.2, 0) is 6.54 Å². The molecule has 26 heavy (non-hydrogen) atoms. The quantitative estimate of drug-likeness (QED) is 0.605. The molecule has 0 saturated heterocycles. The summed E-state index contributed by atoms with van der Waals surface area (Å²) in [5.74, 6) is 0.738. The van der Waals surface area contributed by atoms with Crippen LogP contribution in [-0.4, -0.2) is 22.5 Å². The molecule has 0 amide bonds. The Balaban J connectivity index is 1.49. The summed E-state index contributed by atoms with van der Waals surface area (Å²) in [5.41, 5.74) is 4.14. The molecule has 3 N–H and O–H groups in total. The number of benzene rings is 2. The molecule has 0 spiro atoms. The van der Waals surface area contributed by atoms with E-state index in [9.17, 15) is 0 Å². The number of fused-ring (bicyclic) bond motifs is 1. The van der Waals surface area contributed by atoms with Crippen LogP contribution >= 0.6 is 23.4 Å². The number of rotatable bonds is 5. The van der Waals surface area contributed by atoms with Crippen molar-refractivity contribution in [2.75, 3.05) is 17.7 Å². The van der Waals surface area contributed by atoms with Crippen LogP contribution in [0.1, 0.15) is 5.56 Å². The van der Waals surface area contributed by atoms with Gasteiger partial charge in [-0.2, -0.15) is 0 Å². The van der Waals surface area contributed by atoms with Gasteiger partial charge in [-0.05, 0) is 24.7 Å². The van der Waals surface area contributed by atoms with Gasteiger partial charge in [0, 0.05) is 17.0 Å². The first-order chi connectivity index (χ1) is 12.7. The lowest BCUT2D eigenvalue weighted by atomic mass is 10.2. The van der Waals surface area contributed by atoms with Gasteiger partial charge in [0.25, 0.3) is 0 Å². The van der Waals surface area contributed by atoms with Gasteiger partial charge < -0.3 is 10.6 Å². The van der Waals surface area contributed by atoms with Crippen LogP contribution in [0.4, 0.5) is 11.5 Å². The van der Waals surface area contributed by atoms with Crippen LogP contribution in [0.25, 0.3) is 11.3 Å². The number of anilines is 2. The van der Waals surface area contributed by atoms with Gasteiger partial charge in [0.15, 0.2) is 0 Å². The predicted octanol–water partition coefficient (Wildman–Crippen LogP) is 4.43. The van der Waals surface area contributed by atoms with Crippen molar-refractivity contribution in [3.8, 4) is 11.3 Å². The molecule has 1 aliphatic rings. The summed E-state index contributed by atoms with van der Waals surface area (Å²) in [7, 11) is 1.92. The molecule has 1 aromatic heterocycles. The van der Waals surface area contributed by atoms with Crippen LogP contribution in [0.15, 0.2) is 59.8 Å². The third kappa shape index (κ3) is 3.62. The fourth-order valence-electron chi connectivity index (χ4n) is 2.78. The molecule has 0 aliphatic carbocycles. The Morgan fingerprint density at radius 1 is 1.19 bits per heavy atom. The van der Waals surface area contributed by atoms with E-state index in [2.05, 4.69) is 32.0 Å². The average Bonchev–Trinajstić information content (AvgIpc) is 3.11. The van der Waals surface area contributed by atoms with Crippen LogP contribution in [0.2, 0.25) is 5.02 Å². The molecule has 0 radical (unpaired) electrons. The maximum Gasteiger partial charge on any atom is 0.145 e. The summed E-state index contributed by atoms with van der Waals surface area (Å²) in [6.45, 7) is 0.630. The third-order valence-corrected chi connectivity index (χ3v) is 5.54. The van der Waals surface area contributed by atoms with Crippen molar-refractivity contribution in [1.29, 1.82) is 0 Å². The van der Waals surface area contributed by atoms with E-state index in [0.29, 0.717) is 6.54 Å². The van der Waals surface area contributed by atoms with Gasteiger partial charge in [-0.25, -0.2) is 4.98 Å². The average molecular weight is 384 g/mol. The minimum atomic E-state index is 0.152. The summed E-state index contributed by atoms with van der Waals surface area (Å²) in [6, 6.07) is 14.2. The predicted molar refractivity (Wildman–Crippen MR) is 109 cm³/mol. The van der Waals surface area contributed by atoms with E-state index >= 15 is 0 Å². The van der Waals surface area contributed by atoms with Gasteiger partial charge in [0.05, 0.1) is 28.8 Å². The van der Waals surface area contributed by atoms with Crippen molar-refractivity contribution in [2.45, 2.75) is 16.9 Å². The lowest BCUT2D eigenvalue weighted by molar-refractivity contribution is 0.828. The van der Waals surface area contributed by atoms with E-state index in [0.717, 1.165) is 38.2 Å². The van der Waals surface area contributed by atoms with Crippen molar-refractivity contribution in [3.05, 3.63) is 65.4 Å². The maximum atomic E-state index is 6.42. The molecule has 7 heteroatoms. The Morgan fingerprint density at radius 2 is 2.04 bits per heavy atom. The first-order valence-electron chi connectivity index (χ1n) is 8.27. The van der Waals surface area contributed by atoms with E-state index in [1.165, 1.54) is 0 Å². The number of aromatic nitrogens is 2. The molecule has 2 aromatic carbocycles. The van der Waals surface area contributed by atoms with Crippen molar-refractivity contribution < 1.29 is 0 Å². The second kappa shape index (κ2) is 7.53.